The number of likely N-dealkylation sites (tertiary alicyclic amines) is 1. The zero-order valence-electron chi connectivity index (χ0n) is 15.3. The molecule has 4 rings (SSSR count). The first-order valence-corrected chi connectivity index (χ1v) is 9.90. The molecule has 26 heavy (non-hydrogen) atoms. The molecule has 5 nitrogen and oxygen atoms in total. The highest BCUT2D eigenvalue weighted by Crippen LogP contribution is 2.45. The second-order valence-electron chi connectivity index (χ2n) is 8.20. The van der Waals surface area contributed by atoms with Crippen molar-refractivity contribution in [1.29, 1.82) is 0 Å². The zero-order valence-corrected chi connectivity index (χ0v) is 15.3. The zero-order chi connectivity index (χ0) is 18.0. The Hall–Kier alpha value is -2.04. The van der Waals surface area contributed by atoms with Crippen LogP contribution in [0.5, 0.6) is 5.75 Å². The number of nitrogens with one attached hydrogen (secondary N) is 1. The molecule has 1 unspecified atom stereocenters. The lowest BCUT2D eigenvalue weighted by Crippen LogP contribution is -2.39. The van der Waals surface area contributed by atoms with E-state index in [1.54, 1.807) is 0 Å². The predicted molar refractivity (Wildman–Crippen MR) is 98.7 cm³/mol. The van der Waals surface area contributed by atoms with Gasteiger partial charge in [0.05, 0.1) is 12.5 Å². The molecule has 2 aliphatic carbocycles. The topological polar surface area (TPSA) is 58.6 Å². The van der Waals surface area contributed by atoms with Crippen molar-refractivity contribution in [3.63, 3.8) is 0 Å². The van der Waals surface area contributed by atoms with Gasteiger partial charge in [-0.3, -0.25) is 9.59 Å². The third-order valence-corrected chi connectivity index (χ3v) is 6.18. The van der Waals surface area contributed by atoms with E-state index in [2.05, 4.69) is 5.32 Å². The van der Waals surface area contributed by atoms with E-state index >= 15 is 0 Å². The number of carbonyl (C=O) groups is 2. The van der Waals surface area contributed by atoms with Crippen molar-refractivity contribution in [3.8, 4) is 5.75 Å². The normalized spacial score (nSPS) is 24.7. The second-order valence-corrected chi connectivity index (χ2v) is 8.20. The molecule has 1 atom stereocenters. The summed E-state index contributed by atoms with van der Waals surface area (Å²) in [6.07, 6.45) is 7.14. The molecule has 1 heterocycles. The van der Waals surface area contributed by atoms with Crippen LogP contribution in [-0.4, -0.2) is 42.5 Å². The minimum Gasteiger partial charge on any atom is -0.493 e. The Kier molecular flexibility index (Phi) is 4.88. The van der Waals surface area contributed by atoms with Gasteiger partial charge in [0.1, 0.15) is 5.75 Å². The SMILES string of the molecule is O=C(NCC1(COc2ccccc2)CC1)C1CC(=O)N(C2CCCC2)C1. The number of amides is 2. The van der Waals surface area contributed by atoms with Crippen LogP contribution in [0.2, 0.25) is 0 Å². The van der Waals surface area contributed by atoms with Crippen LogP contribution in [0.1, 0.15) is 44.9 Å². The summed E-state index contributed by atoms with van der Waals surface area (Å²) in [4.78, 5) is 26.8. The molecule has 0 bridgehead atoms. The number of benzene rings is 1. The first kappa shape index (κ1) is 17.4. The van der Waals surface area contributed by atoms with Crippen LogP contribution in [0.25, 0.3) is 0 Å². The van der Waals surface area contributed by atoms with Gasteiger partial charge in [0.15, 0.2) is 0 Å². The molecular formula is C21H28N2O3. The molecule has 1 aromatic rings. The molecule has 3 fully saturated rings. The highest BCUT2D eigenvalue weighted by molar-refractivity contribution is 5.89. The summed E-state index contributed by atoms with van der Waals surface area (Å²) in [5.41, 5.74) is 0.0687. The lowest BCUT2D eigenvalue weighted by molar-refractivity contribution is -0.130. The third kappa shape index (κ3) is 3.87. The van der Waals surface area contributed by atoms with Crippen molar-refractivity contribution in [2.45, 2.75) is 51.0 Å². The quantitative estimate of drug-likeness (QED) is 0.817. The summed E-state index contributed by atoms with van der Waals surface area (Å²) in [5.74, 6) is 0.878. The van der Waals surface area contributed by atoms with Crippen molar-refractivity contribution in [3.05, 3.63) is 30.3 Å². The highest BCUT2D eigenvalue weighted by Gasteiger charge is 2.45. The molecule has 1 N–H and O–H groups in total. The van der Waals surface area contributed by atoms with E-state index in [-0.39, 0.29) is 23.1 Å². The number of hydrogen-bond acceptors (Lipinski definition) is 3. The molecule has 2 amide bonds. The summed E-state index contributed by atoms with van der Waals surface area (Å²) in [7, 11) is 0. The van der Waals surface area contributed by atoms with Crippen molar-refractivity contribution in [2.75, 3.05) is 19.7 Å². The highest BCUT2D eigenvalue weighted by atomic mass is 16.5. The Balaban J connectivity index is 1.24. The monoisotopic (exact) mass is 356 g/mol. The fourth-order valence-corrected chi connectivity index (χ4v) is 4.20. The lowest BCUT2D eigenvalue weighted by atomic mass is 10.1. The Labute approximate surface area is 155 Å². The number of hydrogen-bond donors (Lipinski definition) is 1. The molecule has 1 saturated heterocycles. The standard InChI is InChI=1S/C21H28N2O3/c24-19-12-16(13-23(19)17-6-4-5-7-17)20(25)22-14-21(10-11-21)15-26-18-8-2-1-3-9-18/h1-3,8-9,16-17H,4-7,10-15H2,(H,22,25). The molecule has 5 heteroatoms. The average Bonchev–Trinajstić information content (AvgIpc) is 3.04. The number of rotatable bonds is 7. The van der Waals surface area contributed by atoms with E-state index in [9.17, 15) is 9.59 Å². The van der Waals surface area contributed by atoms with Gasteiger partial charge in [-0.2, -0.15) is 0 Å². The number of carbonyl (C=O) groups excluding carboxylic acids is 2. The van der Waals surface area contributed by atoms with Gasteiger partial charge >= 0.3 is 0 Å². The first-order chi connectivity index (χ1) is 12.7. The Morgan fingerprint density at radius 2 is 1.92 bits per heavy atom. The molecule has 1 aromatic carbocycles. The molecule has 3 aliphatic rings. The van der Waals surface area contributed by atoms with Crippen LogP contribution < -0.4 is 10.1 Å². The molecular weight excluding hydrogens is 328 g/mol. The summed E-state index contributed by atoms with van der Waals surface area (Å²) >= 11 is 0. The molecule has 0 radical (unpaired) electrons. The fourth-order valence-electron chi connectivity index (χ4n) is 4.20. The van der Waals surface area contributed by atoms with Crippen LogP contribution in [0.15, 0.2) is 30.3 Å². The maximum absolute atomic E-state index is 12.6. The third-order valence-electron chi connectivity index (χ3n) is 6.18. The lowest BCUT2D eigenvalue weighted by Gasteiger charge is -2.24. The van der Waals surface area contributed by atoms with Crippen molar-refractivity contribution < 1.29 is 14.3 Å². The molecule has 0 spiro atoms. The van der Waals surface area contributed by atoms with Crippen LogP contribution in [0, 0.1) is 11.3 Å². The van der Waals surface area contributed by atoms with Gasteiger partial charge in [-0.15, -0.1) is 0 Å². The van der Waals surface area contributed by atoms with Crippen LogP contribution >= 0.6 is 0 Å². The summed E-state index contributed by atoms with van der Waals surface area (Å²) in [6, 6.07) is 10.2. The Morgan fingerprint density at radius 1 is 1.19 bits per heavy atom. The van der Waals surface area contributed by atoms with Gasteiger partial charge in [0, 0.05) is 31.0 Å². The largest absolute Gasteiger partial charge is 0.493 e. The average molecular weight is 356 g/mol. The summed E-state index contributed by atoms with van der Waals surface area (Å²) in [6.45, 7) is 1.88. The maximum atomic E-state index is 12.6. The second kappa shape index (κ2) is 7.29. The van der Waals surface area contributed by atoms with Gasteiger partial charge in [0.25, 0.3) is 0 Å². The summed E-state index contributed by atoms with van der Waals surface area (Å²) in [5, 5.41) is 3.10. The Morgan fingerprint density at radius 3 is 2.62 bits per heavy atom. The van der Waals surface area contributed by atoms with E-state index in [1.807, 2.05) is 35.2 Å². The number of nitrogens with zero attached hydrogens (tertiary/aromatic N) is 1. The van der Waals surface area contributed by atoms with Crippen molar-refractivity contribution in [2.24, 2.45) is 11.3 Å². The van der Waals surface area contributed by atoms with Gasteiger partial charge in [-0.1, -0.05) is 31.0 Å². The van der Waals surface area contributed by atoms with Crippen LogP contribution in [0.3, 0.4) is 0 Å². The van der Waals surface area contributed by atoms with Crippen LogP contribution in [0.4, 0.5) is 0 Å². The smallest absolute Gasteiger partial charge is 0.225 e. The minimum absolute atomic E-state index is 0.0323. The molecule has 1 aliphatic heterocycles. The van der Waals surface area contributed by atoms with Gasteiger partial charge < -0.3 is 15.0 Å². The van der Waals surface area contributed by atoms with E-state index in [0.29, 0.717) is 32.2 Å². The van der Waals surface area contributed by atoms with Crippen molar-refractivity contribution >= 4 is 11.8 Å². The maximum Gasteiger partial charge on any atom is 0.225 e. The fraction of sp³-hybridized carbons (Fsp3) is 0.619. The van der Waals surface area contributed by atoms with E-state index in [1.165, 1.54) is 12.8 Å². The van der Waals surface area contributed by atoms with E-state index < -0.39 is 0 Å². The van der Waals surface area contributed by atoms with Gasteiger partial charge in [0.2, 0.25) is 11.8 Å². The number of para-hydroxylation sites is 1. The minimum atomic E-state index is -0.186. The molecule has 0 aromatic heterocycles. The van der Waals surface area contributed by atoms with Crippen LogP contribution in [-0.2, 0) is 9.59 Å². The molecule has 2 saturated carbocycles. The van der Waals surface area contributed by atoms with E-state index in [4.69, 9.17) is 4.74 Å². The van der Waals surface area contributed by atoms with Gasteiger partial charge in [-0.25, -0.2) is 0 Å². The van der Waals surface area contributed by atoms with Gasteiger partial charge in [-0.05, 0) is 37.8 Å². The van der Waals surface area contributed by atoms with E-state index in [0.717, 1.165) is 31.4 Å². The Bertz CT molecular complexity index is 650. The number of ether oxygens (including phenoxy) is 1. The van der Waals surface area contributed by atoms with Crippen molar-refractivity contribution in [1.82, 2.24) is 10.2 Å². The first-order valence-electron chi connectivity index (χ1n) is 9.90. The molecule has 140 valence electrons. The summed E-state index contributed by atoms with van der Waals surface area (Å²) < 4.78 is 5.88. The predicted octanol–water partition coefficient (Wildman–Crippen LogP) is 2.75.